The van der Waals surface area contributed by atoms with Crippen molar-refractivity contribution in [3.8, 4) is 0 Å². The average Bonchev–Trinajstić information content (AvgIpc) is 2.09. The molecule has 0 fully saturated rings. The van der Waals surface area contributed by atoms with Gasteiger partial charge in [0.2, 0.25) is 0 Å². The third kappa shape index (κ3) is 5.07. The van der Waals surface area contributed by atoms with Crippen LogP contribution < -0.4 is 0 Å². The van der Waals surface area contributed by atoms with Gasteiger partial charge in [0, 0.05) is 6.42 Å². The Morgan fingerprint density at radius 1 is 1.31 bits per heavy atom. The molecule has 0 bridgehead atoms. The molecule has 1 unspecified atom stereocenters. The van der Waals surface area contributed by atoms with Crippen LogP contribution in [0.1, 0.15) is 39.5 Å². The third-order valence-corrected chi connectivity index (χ3v) is 3.94. The largest absolute Gasteiger partial charge is 0.481 e. The summed E-state index contributed by atoms with van der Waals surface area (Å²) in [5.74, 6) is -1.00. The summed E-state index contributed by atoms with van der Waals surface area (Å²) in [6.45, 7) is 3.72. The minimum absolute atomic E-state index is 0.0950. The molecular weight excluding hydrogens is 235 g/mol. The number of rotatable bonds is 7. The van der Waals surface area contributed by atoms with Crippen molar-refractivity contribution in [1.82, 2.24) is 0 Å². The second-order valence-electron chi connectivity index (χ2n) is 4.35. The summed E-state index contributed by atoms with van der Waals surface area (Å²) in [6.07, 6.45) is -0.553. The summed E-state index contributed by atoms with van der Waals surface area (Å²) in [5.41, 5.74) is 0. The predicted octanol–water partition coefficient (Wildman–Crippen LogP) is 1.15. The number of hydrogen-bond donors (Lipinski definition) is 4. The molecule has 0 saturated heterocycles. The summed E-state index contributed by atoms with van der Waals surface area (Å²) in [7, 11) is -4.71. The lowest BCUT2D eigenvalue weighted by atomic mass is 10.0. The van der Waals surface area contributed by atoms with Crippen LogP contribution in [0, 0.1) is 5.92 Å². The summed E-state index contributed by atoms with van der Waals surface area (Å²) in [4.78, 5) is 28.4. The molecule has 0 spiro atoms. The lowest BCUT2D eigenvalue weighted by Crippen LogP contribution is -2.30. The molecule has 4 N–H and O–H groups in total. The molecule has 1 atom stereocenters. The Kier molecular flexibility index (Phi) is 5.62. The fourth-order valence-corrected chi connectivity index (χ4v) is 2.07. The molecule has 0 radical (unpaired) electrons. The Morgan fingerprint density at radius 2 is 1.81 bits per heavy atom. The number of hydrogen-bond acceptors (Lipinski definition) is 3. The minimum atomic E-state index is -4.71. The molecule has 0 saturated carbocycles. The highest BCUT2D eigenvalue weighted by Crippen LogP contribution is 2.54. The van der Waals surface area contributed by atoms with E-state index in [1.165, 1.54) is 0 Å². The molecular formula is C9H19O6P. The second kappa shape index (κ2) is 5.77. The number of carboxylic acid groups (broad SMARTS) is 1. The van der Waals surface area contributed by atoms with E-state index in [1.807, 2.05) is 13.8 Å². The van der Waals surface area contributed by atoms with Crippen LogP contribution in [0.25, 0.3) is 0 Å². The molecule has 16 heavy (non-hydrogen) atoms. The highest BCUT2D eigenvalue weighted by atomic mass is 31.2. The average molecular weight is 254 g/mol. The summed E-state index contributed by atoms with van der Waals surface area (Å²) in [6, 6.07) is 0. The maximum Gasteiger partial charge on any atom is 0.356 e. The first-order valence-corrected chi connectivity index (χ1v) is 6.69. The topological polar surface area (TPSA) is 115 Å². The van der Waals surface area contributed by atoms with Crippen molar-refractivity contribution in [2.75, 3.05) is 0 Å². The van der Waals surface area contributed by atoms with Gasteiger partial charge in [0.25, 0.3) is 0 Å². The van der Waals surface area contributed by atoms with Gasteiger partial charge in [-0.3, -0.25) is 9.36 Å². The van der Waals surface area contributed by atoms with Crippen LogP contribution in [-0.2, 0) is 9.36 Å². The Hall–Kier alpha value is -0.420. The summed E-state index contributed by atoms with van der Waals surface area (Å²) in [5, 5.41) is 16.1. The van der Waals surface area contributed by atoms with E-state index in [1.54, 1.807) is 0 Å². The zero-order valence-corrected chi connectivity index (χ0v) is 10.4. The van der Waals surface area contributed by atoms with E-state index in [2.05, 4.69) is 0 Å². The molecule has 7 heteroatoms. The van der Waals surface area contributed by atoms with Crippen LogP contribution in [0.3, 0.4) is 0 Å². The van der Waals surface area contributed by atoms with Gasteiger partial charge >= 0.3 is 13.6 Å². The van der Waals surface area contributed by atoms with E-state index in [9.17, 15) is 14.5 Å². The zero-order chi connectivity index (χ0) is 13.0. The highest BCUT2D eigenvalue weighted by Gasteiger charge is 2.44. The van der Waals surface area contributed by atoms with Crippen molar-refractivity contribution in [1.29, 1.82) is 0 Å². The first kappa shape index (κ1) is 15.6. The van der Waals surface area contributed by atoms with Gasteiger partial charge in [-0.2, -0.15) is 0 Å². The molecule has 0 aromatic rings. The smallest absolute Gasteiger partial charge is 0.356 e. The van der Waals surface area contributed by atoms with Crippen molar-refractivity contribution in [3.05, 3.63) is 0 Å². The molecule has 6 nitrogen and oxygen atoms in total. The fourth-order valence-electron chi connectivity index (χ4n) is 1.24. The van der Waals surface area contributed by atoms with Crippen molar-refractivity contribution >= 4 is 13.6 Å². The van der Waals surface area contributed by atoms with E-state index in [0.717, 1.165) is 0 Å². The van der Waals surface area contributed by atoms with E-state index >= 15 is 0 Å². The van der Waals surface area contributed by atoms with Gasteiger partial charge in [-0.15, -0.1) is 0 Å². The van der Waals surface area contributed by atoms with Gasteiger partial charge in [-0.1, -0.05) is 13.8 Å². The molecule has 0 aliphatic heterocycles. The van der Waals surface area contributed by atoms with E-state index in [0.29, 0.717) is 6.42 Å². The van der Waals surface area contributed by atoms with E-state index < -0.39 is 31.7 Å². The standard InChI is InChI=1S/C9H19O6P/c1-7(2)3-5-9(12,16(13,14)15)6-4-8(10)11/h7,12H,3-6H2,1-2H3,(H,10,11)(H2,13,14,15). The van der Waals surface area contributed by atoms with Gasteiger partial charge in [-0.05, 0) is 25.2 Å². The monoisotopic (exact) mass is 254 g/mol. The first-order chi connectivity index (χ1) is 7.08. The molecule has 0 aromatic heterocycles. The number of aliphatic hydroxyl groups is 1. The first-order valence-electron chi connectivity index (χ1n) is 5.08. The molecule has 0 heterocycles. The van der Waals surface area contributed by atoms with Crippen molar-refractivity contribution in [3.63, 3.8) is 0 Å². The Bertz CT molecular complexity index is 284. The summed E-state index contributed by atoms with van der Waals surface area (Å²) < 4.78 is 11.1. The van der Waals surface area contributed by atoms with E-state index in [-0.39, 0.29) is 12.3 Å². The molecule has 96 valence electrons. The van der Waals surface area contributed by atoms with Crippen LogP contribution in [-0.4, -0.2) is 31.3 Å². The van der Waals surface area contributed by atoms with Crippen LogP contribution in [0.2, 0.25) is 0 Å². The molecule has 0 amide bonds. The normalized spacial score (nSPS) is 16.1. The molecule has 0 aliphatic carbocycles. The van der Waals surface area contributed by atoms with Crippen LogP contribution in [0.4, 0.5) is 0 Å². The quantitative estimate of drug-likeness (QED) is 0.506. The molecule has 0 rings (SSSR count). The van der Waals surface area contributed by atoms with Gasteiger partial charge in [-0.25, -0.2) is 0 Å². The lowest BCUT2D eigenvalue weighted by Gasteiger charge is -2.29. The summed E-state index contributed by atoms with van der Waals surface area (Å²) >= 11 is 0. The third-order valence-electron chi connectivity index (χ3n) is 2.40. The predicted molar refractivity (Wildman–Crippen MR) is 57.9 cm³/mol. The molecule has 0 aliphatic rings. The molecule has 0 aromatic carbocycles. The van der Waals surface area contributed by atoms with Crippen LogP contribution in [0.15, 0.2) is 0 Å². The number of aliphatic carboxylic acids is 1. The maximum absolute atomic E-state index is 11.1. The van der Waals surface area contributed by atoms with E-state index in [4.69, 9.17) is 14.9 Å². The Labute approximate surface area is 94.5 Å². The number of carboxylic acids is 1. The minimum Gasteiger partial charge on any atom is -0.481 e. The van der Waals surface area contributed by atoms with Gasteiger partial charge in [0.05, 0.1) is 0 Å². The zero-order valence-electron chi connectivity index (χ0n) is 9.46. The maximum atomic E-state index is 11.1. The Balaban J connectivity index is 4.62. The SMILES string of the molecule is CC(C)CCC(O)(CCC(=O)O)P(=O)(O)O. The highest BCUT2D eigenvalue weighted by molar-refractivity contribution is 7.53. The van der Waals surface area contributed by atoms with Crippen molar-refractivity contribution in [2.24, 2.45) is 5.92 Å². The fraction of sp³-hybridized carbons (Fsp3) is 0.889. The Morgan fingerprint density at radius 3 is 2.12 bits per heavy atom. The van der Waals surface area contributed by atoms with Crippen molar-refractivity contribution < 1.29 is 29.4 Å². The van der Waals surface area contributed by atoms with Crippen molar-refractivity contribution in [2.45, 2.75) is 44.9 Å². The van der Waals surface area contributed by atoms with Crippen LogP contribution >= 0.6 is 7.60 Å². The van der Waals surface area contributed by atoms with Gasteiger partial charge in [0.15, 0.2) is 5.34 Å². The van der Waals surface area contributed by atoms with Crippen LogP contribution in [0.5, 0.6) is 0 Å². The second-order valence-corrected chi connectivity index (χ2v) is 6.27. The lowest BCUT2D eigenvalue weighted by molar-refractivity contribution is -0.138. The number of carbonyl (C=O) groups is 1. The van der Waals surface area contributed by atoms with Gasteiger partial charge in [0.1, 0.15) is 0 Å². The van der Waals surface area contributed by atoms with Gasteiger partial charge < -0.3 is 20.0 Å².